The van der Waals surface area contributed by atoms with Gasteiger partial charge in [0.25, 0.3) is 5.91 Å². The van der Waals surface area contributed by atoms with Gasteiger partial charge in [0.1, 0.15) is 18.2 Å². The molecular weight excluding hydrogens is 460 g/mol. The Hall–Kier alpha value is -2.98. The van der Waals surface area contributed by atoms with Crippen LogP contribution in [0.2, 0.25) is 0 Å². The van der Waals surface area contributed by atoms with Crippen molar-refractivity contribution in [3.05, 3.63) is 41.9 Å². The third-order valence-electron chi connectivity index (χ3n) is 6.82. The lowest BCUT2D eigenvalue weighted by molar-refractivity contribution is -0.135. The van der Waals surface area contributed by atoms with E-state index in [9.17, 15) is 9.59 Å². The maximum atomic E-state index is 13.4. The van der Waals surface area contributed by atoms with E-state index in [1.165, 1.54) is 5.56 Å². The van der Waals surface area contributed by atoms with Gasteiger partial charge in [0.05, 0.1) is 19.4 Å². The summed E-state index contributed by atoms with van der Waals surface area (Å²) in [6, 6.07) is 2.81. The van der Waals surface area contributed by atoms with Gasteiger partial charge in [-0.15, -0.1) is 0 Å². The van der Waals surface area contributed by atoms with Crippen molar-refractivity contribution in [3.8, 4) is 5.88 Å². The summed E-state index contributed by atoms with van der Waals surface area (Å²) in [7, 11) is 1.93. The summed E-state index contributed by atoms with van der Waals surface area (Å²) in [6.07, 6.45) is 8.83. The van der Waals surface area contributed by atoms with Crippen LogP contribution in [0.25, 0.3) is 0 Å². The minimum atomic E-state index is -0.559. The molecule has 1 saturated heterocycles. The molecule has 3 aliphatic rings. The molecule has 196 valence electrons. The van der Waals surface area contributed by atoms with Gasteiger partial charge in [0.15, 0.2) is 0 Å². The van der Waals surface area contributed by atoms with Gasteiger partial charge in [-0.3, -0.25) is 19.2 Å². The Labute approximate surface area is 212 Å². The predicted molar refractivity (Wildman–Crippen MR) is 135 cm³/mol. The molecule has 1 fully saturated rings. The number of nitrogens with zero attached hydrogens (tertiary/aromatic N) is 5. The third-order valence-corrected chi connectivity index (χ3v) is 6.82. The zero-order chi connectivity index (χ0) is 25.3. The first-order chi connectivity index (χ1) is 17.5. The van der Waals surface area contributed by atoms with Crippen molar-refractivity contribution in [2.24, 2.45) is 13.0 Å². The highest BCUT2D eigenvalue weighted by Gasteiger charge is 2.30. The first-order valence-corrected chi connectivity index (χ1v) is 13.0. The van der Waals surface area contributed by atoms with Crippen molar-refractivity contribution in [2.45, 2.75) is 45.2 Å². The molecule has 0 unspecified atom stereocenters. The number of nitrogens with one attached hydrogen (secondary N) is 1. The number of aryl methyl sites for hydroxylation is 1. The van der Waals surface area contributed by atoms with E-state index in [2.05, 4.69) is 20.3 Å². The first-order valence-electron chi connectivity index (χ1n) is 13.0. The Morgan fingerprint density at radius 3 is 2.72 bits per heavy atom. The van der Waals surface area contributed by atoms with Crippen LogP contribution in [0.5, 0.6) is 5.88 Å². The molecule has 0 saturated carbocycles. The monoisotopic (exact) mass is 498 g/mol. The van der Waals surface area contributed by atoms with Gasteiger partial charge in [0.2, 0.25) is 11.8 Å². The molecule has 36 heavy (non-hydrogen) atoms. The molecule has 2 aromatic heterocycles. The molecular formula is C26H38N6O4. The number of aromatic nitrogens is 3. The van der Waals surface area contributed by atoms with E-state index >= 15 is 0 Å². The summed E-state index contributed by atoms with van der Waals surface area (Å²) < 4.78 is 13.5. The molecule has 5 rings (SSSR count). The molecule has 5 heterocycles. The highest BCUT2D eigenvalue weighted by Crippen LogP contribution is 2.22. The lowest BCUT2D eigenvalue weighted by Crippen LogP contribution is -2.51. The maximum absolute atomic E-state index is 13.4. The number of amides is 2. The van der Waals surface area contributed by atoms with E-state index in [0.29, 0.717) is 44.2 Å². The number of hydrogen-bond donors (Lipinski definition) is 1. The smallest absolute Gasteiger partial charge is 0.257 e. The molecule has 1 N–H and O–H groups in total. The zero-order valence-corrected chi connectivity index (χ0v) is 21.4. The Bertz CT molecular complexity index is 1000. The minimum Gasteiger partial charge on any atom is -0.475 e. The molecule has 2 bridgehead atoms. The second-order valence-electron chi connectivity index (χ2n) is 9.66. The molecule has 0 radical (unpaired) electrons. The van der Waals surface area contributed by atoms with E-state index in [-0.39, 0.29) is 24.3 Å². The topological polar surface area (TPSA) is 102 Å². The van der Waals surface area contributed by atoms with Crippen LogP contribution in [0.4, 0.5) is 0 Å². The van der Waals surface area contributed by atoms with Crippen LogP contribution in [0.15, 0.2) is 30.7 Å². The van der Waals surface area contributed by atoms with Crippen molar-refractivity contribution in [2.75, 3.05) is 46.0 Å². The van der Waals surface area contributed by atoms with Crippen LogP contribution in [-0.2, 0) is 23.1 Å². The van der Waals surface area contributed by atoms with Gasteiger partial charge in [-0.1, -0.05) is 13.3 Å². The number of carbonyl (C=O) groups is 2. The summed E-state index contributed by atoms with van der Waals surface area (Å²) in [6.45, 7) is 7.25. The number of hydrogen-bond acceptors (Lipinski definition) is 7. The standard InChI is InChI=1S/C26H38N6O4/c1-3-5-23-26(34)32-10-7-20(8-11-32)18-31(19-21-16-28-30(2)17-21)12-13-35-14-15-36-25-22(24(33)29-23)6-4-9-27-25/h4,6,9,16-17,20,23H,3,5,7-8,10-15,18-19H2,1-2H3,(H,29,33)/t23-/m1/s1. The van der Waals surface area contributed by atoms with E-state index < -0.39 is 6.04 Å². The summed E-state index contributed by atoms with van der Waals surface area (Å²) in [5.41, 5.74) is 1.50. The molecule has 10 nitrogen and oxygen atoms in total. The normalized spacial score (nSPS) is 22.9. The highest BCUT2D eigenvalue weighted by atomic mass is 16.5. The van der Waals surface area contributed by atoms with Gasteiger partial charge < -0.3 is 19.7 Å². The molecule has 0 aromatic carbocycles. The number of ether oxygens (including phenoxy) is 2. The van der Waals surface area contributed by atoms with E-state index in [1.807, 2.05) is 35.9 Å². The van der Waals surface area contributed by atoms with Gasteiger partial charge in [-0.05, 0) is 37.3 Å². The van der Waals surface area contributed by atoms with Crippen LogP contribution >= 0.6 is 0 Å². The van der Waals surface area contributed by atoms with Crippen molar-refractivity contribution < 1.29 is 19.1 Å². The predicted octanol–water partition coefficient (Wildman–Crippen LogP) is 1.86. The average Bonchev–Trinajstić information content (AvgIpc) is 3.29. The Balaban J connectivity index is 1.49. The third kappa shape index (κ3) is 7.04. The second-order valence-corrected chi connectivity index (χ2v) is 9.66. The molecule has 10 heteroatoms. The summed E-state index contributed by atoms with van der Waals surface area (Å²) in [4.78, 5) is 35.0. The SMILES string of the molecule is CCC[C@H]1NC(=O)c2cccnc2OCCOCCN(Cc2cnn(C)c2)CC2CCN(CC2)C1=O. The van der Waals surface area contributed by atoms with Crippen LogP contribution in [0, 0.1) is 5.92 Å². The summed E-state index contributed by atoms with van der Waals surface area (Å²) in [5.74, 6) is 0.413. The van der Waals surface area contributed by atoms with Crippen LogP contribution in [0.3, 0.4) is 0 Å². The number of fused-ring (bicyclic) bond motifs is 12. The minimum absolute atomic E-state index is 0.00302. The quantitative estimate of drug-likeness (QED) is 0.642. The van der Waals surface area contributed by atoms with E-state index in [0.717, 1.165) is 38.9 Å². The fourth-order valence-corrected chi connectivity index (χ4v) is 4.92. The lowest BCUT2D eigenvalue weighted by atomic mass is 9.95. The molecule has 2 aromatic rings. The second kappa shape index (κ2) is 12.8. The maximum Gasteiger partial charge on any atom is 0.257 e. The van der Waals surface area contributed by atoms with E-state index in [1.54, 1.807) is 18.3 Å². The Morgan fingerprint density at radius 1 is 1.14 bits per heavy atom. The fourth-order valence-electron chi connectivity index (χ4n) is 4.92. The largest absolute Gasteiger partial charge is 0.475 e. The first kappa shape index (κ1) is 26.1. The zero-order valence-electron chi connectivity index (χ0n) is 21.4. The number of pyridine rings is 1. The number of rotatable bonds is 4. The molecule has 0 spiro atoms. The summed E-state index contributed by atoms with van der Waals surface area (Å²) >= 11 is 0. The van der Waals surface area contributed by atoms with Crippen LogP contribution in [-0.4, -0.2) is 88.4 Å². The number of piperidine rings is 1. The lowest BCUT2D eigenvalue weighted by Gasteiger charge is -2.36. The molecule has 0 aliphatic carbocycles. The number of carbonyl (C=O) groups excluding carboxylic acids is 2. The van der Waals surface area contributed by atoms with Gasteiger partial charge in [-0.25, -0.2) is 4.98 Å². The molecule has 2 amide bonds. The Morgan fingerprint density at radius 2 is 1.97 bits per heavy atom. The van der Waals surface area contributed by atoms with Crippen LogP contribution < -0.4 is 10.1 Å². The van der Waals surface area contributed by atoms with Crippen molar-refractivity contribution in [1.29, 1.82) is 0 Å². The van der Waals surface area contributed by atoms with Crippen molar-refractivity contribution in [1.82, 2.24) is 29.9 Å². The van der Waals surface area contributed by atoms with Gasteiger partial charge >= 0.3 is 0 Å². The van der Waals surface area contributed by atoms with Crippen LogP contribution in [0.1, 0.15) is 48.5 Å². The summed E-state index contributed by atoms with van der Waals surface area (Å²) in [5, 5.41) is 7.26. The highest BCUT2D eigenvalue weighted by molar-refractivity contribution is 5.99. The molecule has 1 atom stereocenters. The van der Waals surface area contributed by atoms with Crippen molar-refractivity contribution >= 4 is 11.8 Å². The van der Waals surface area contributed by atoms with Gasteiger partial charge in [0, 0.05) is 57.7 Å². The van der Waals surface area contributed by atoms with Crippen molar-refractivity contribution in [3.63, 3.8) is 0 Å². The fraction of sp³-hybridized carbons (Fsp3) is 0.615. The van der Waals surface area contributed by atoms with Gasteiger partial charge in [-0.2, -0.15) is 5.10 Å². The van der Waals surface area contributed by atoms with E-state index in [4.69, 9.17) is 9.47 Å². The molecule has 3 aliphatic heterocycles. The Kier molecular flexibility index (Phi) is 9.29. The average molecular weight is 499 g/mol.